The van der Waals surface area contributed by atoms with Crippen molar-refractivity contribution in [1.82, 2.24) is 0 Å². The molecule has 1 heterocycles. The number of halogens is 4. The van der Waals surface area contributed by atoms with Gasteiger partial charge in [0, 0.05) is 12.1 Å². The molecule has 0 aliphatic heterocycles. The molecule has 0 spiro atoms. The molecule has 0 atom stereocenters. The van der Waals surface area contributed by atoms with Crippen LogP contribution in [0.1, 0.15) is 16.1 Å². The molecule has 0 amide bonds. The van der Waals surface area contributed by atoms with Crippen molar-refractivity contribution in [3.8, 4) is 23.0 Å². The standard InChI is InChI=1S/C24H14F4O6/c1-31-15-6-3-7-16(11-15)32-21-20(29)18-9-8-17(12-19(18)34-22(21)24(26,27)28)33-23(30)13-4-2-5-14(25)10-13/h2-12H,1H3. The minimum Gasteiger partial charge on any atom is -0.497 e. The normalized spacial score (nSPS) is 11.3. The number of hydrogen-bond donors (Lipinski definition) is 0. The highest BCUT2D eigenvalue weighted by Crippen LogP contribution is 2.39. The minimum atomic E-state index is -5.07. The zero-order valence-corrected chi connectivity index (χ0v) is 17.3. The van der Waals surface area contributed by atoms with E-state index in [9.17, 15) is 27.2 Å². The van der Waals surface area contributed by atoms with Crippen molar-refractivity contribution in [2.24, 2.45) is 0 Å². The van der Waals surface area contributed by atoms with Gasteiger partial charge in [-0.1, -0.05) is 12.1 Å². The molecule has 0 fully saturated rings. The number of carbonyl (C=O) groups excluding carboxylic acids is 1. The van der Waals surface area contributed by atoms with E-state index in [1.807, 2.05) is 0 Å². The second-order valence-electron chi connectivity index (χ2n) is 6.93. The van der Waals surface area contributed by atoms with E-state index in [0.717, 1.165) is 24.3 Å². The fourth-order valence-corrected chi connectivity index (χ4v) is 3.06. The zero-order valence-electron chi connectivity index (χ0n) is 17.3. The lowest BCUT2D eigenvalue weighted by Crippen LogP contribution is -2.15. The second kappa shape index (κ2) is 8.89. The molecule has 0 bridgehead atoms. The molecule has 174 valence electrons. The molecular formula is C24H14F4O6. The lowest BCUT2D eigenvalue weighted by molar-refractivity contribution is -0.154. The fourth-order valence-electron chi connectivity index (χ4n) is 3.06. The van der Waals surface area contributed by atoms with E-state index in [1.54, 1.807) is 6.07 Å². The molecule has 34 heavy (non-hydrogen) atoms. The van der Waals surface area contributed by atoms with E-state index < -0.39 is 40.5 Å². The highest BCUT2D eigenvalue weighted by molar-refractivity contribution is 5.91. The highest BCUT2D eigenvalue weighted by Gasteiger charge is 2.40. The predicted molar refractivity (Wildman–Crippen MR) is 112 cm³/mol. The second-order valence-corrected chi connectivity index (χ2v) is 6.93. The first-order valence-corrected chi connectivity index (χ1v) is 9.63. The van der Waals surface area contributed by atoms with Crippen molar-refractivity contribution in [2.75, 3.05) is 7.11 Å². The summed E-state index contributed by atoms with van der Waals surface area (Å²) in [6.45, 7) is 0. The lowest BCUT2D eigenvalue weighted by atomic mass is 10.2. The van der Waals surface area contributed by atoms with Crippen LogP contribution >= 0.6 is 0 Å². The van der Waals surface area contributed by atoms with Gasteiger partial charge in [-0.3, -0.25) is 4.79 Å². The summed E-state index contributed by atoms with van der Waals surface area (Å²) < 4.78 is 74.8. The maximum Gasteiger partial charge on any atom is 0.453 e. The molecule has 0 unspecified atom stereocenters. The van der Waals surface area contributed by atoms with Gasteiger partial charge in [0.2, 0.25) is 11.2 Å². The molecule has 6 nitrogen and oxygen atoms in total. The Morgan fingerprint density at radius 3 is 2.35 bits per heavy atom. The molecule has 4 aromatic rings. The van der Waals surface area contributed by atoms with E-state index in [0.29, 0.717) is 5.75 Å². The van der Waals surface area contributed by atoms with Crippen LogP contribution in [-0.2, 0) is 6.18 Å². The molecule has 3 aromatic carbocycles. The zero-order chi connectivity index (χ0) is 24.5. The number of hydrogen-bond acceptors (Lipinski definition) is 6. The van der Waals surface area contributed by atoms with Crippen LogP contribution < -0.4 is 19.6 Å². The number of carbonyl (C=O) groups is 1. The SMILES string of the molecule is COc1cccc(Oc2c(C(F)(F)F)oc3cc(OC(=O)c4cccc(F)c4)ccc3c2=O)c1. The highest BCUT2D eigenvalue weighted by atomic mass is 19.4. The summed E-state index contributed by atoms with van der Waals surface area (Å²) in [5.41, 5.74) is -1.68. The summed E-state index contributed by atoms with van der Waals surface area (Å²) in [7, 11) is 1.36. The van der Waals surface area contributed by atoms with Crippen LogP contribution in [0.2, 0.25) is 0 Å². The molecule has 0 radical (unpaired) electrons. The number of benzene rings is 3. The van der Waals surface area contributed by atoms with Gasteiger partial charge in [0.15, 0.2) is 0 Å². The van der Waals surface area contributed by atoms with Gasteiger partial charge in [0.25, 0.3) is 5.76 Å². The molecule has 0 saturated heterocycles. The minimum absolute atomic E-state index is 0.0721. The van der Waals surface area contributed by atoms with Gasteiger partial charge >= 0.3 is 12.1 Å². The maximum absolute atomic E-state index is 13.7. The number of rotatable bonds is 5. The third-order valence-electron chi connectivity index (χ3n) is 4.61. The van der Waals surface area contributed by atoms with Crippen LogP contribution in [0.4, 0.5) is 17.6 Å². The van der Waals surface area contributed by atoms with Crippen LogP contribution in [0.25, 0.3) is 11.0 Å². The van der Waals surface area contributed by atoms with E-state index in [2.05, 4.69) is 0 Å². The van der Waals surface area contributed by atoms with Crippen LogP contribution in [0.3, 0.4) is 0 Å². The average molecular weight is 474 g/mol. The first-order valence-electron chi connectivity index (χ1n) is 9.63. The predicted octanol–water partition coefficient (Wildman–Crippen LogP) is 5.97. The molecule has 4 rings (SSSR count). The number of fused-ring (bicyclic) bond motifs is 1. The Balaban J connectivity index is 1.75. The smallest absolute Gasteiger partial charge is 0.453 e. The van der Waals surface area contributed by atoms with Crippen molar-refractivity contribution in [3.63, 3.8) is 0 Å². The van der Waals surface area contributed by atoms with Gasteiger partial charge in [-0.05, 0) is 42.5 Å². The van der Waals surface area contributed by atoms with E-state index in [4.69, 9.17) is 18.6 Å². The summed E-state index contributed by atoms with van der Waals surface area (Å²) in [5, 5.41) is -0.239. The quantitative estimate of drug-likeness (QED) is 0.202. The largest absolute Gasteiger partial charge is 0.497 e. The summed E-state index contributed by atoms with van der Waals surface area (Å²) in [5.74, 6) is -4.32. The molecule has 1 aromatic heterocycles. The van der Waals surface area contributed by atoms with Gasteiger partial charge in [0.05, 0.1) is 18.1 Å². The molecule has 0 saturated carbocycles. The number of methoxy groups -OCH3 is 1. The summed E-state index contributed by atoms with van der Waals surface area (Å²) in [6.07, 6.45) is -5.07. The Kier molecular flexibility index (Phi) is 5.97. The van der Waals surface area contributed by atoms with Gasteiger partial charge in [-0.2, -0.15) is 13.2 Å². The van der Waals surface area contributed by atoms with E-state index >= 15 is 0 Å². The third kappa shape index (κ3) is 4.70. The van der Waals surface area contributed by atoms with Crippen molar-refractivity contribution in [2.45, 2.75) is 6.18 Å². The first-order chi connectivity index (χ1) is 16.2. The summed E-state index contributed by atoms with van der Waals surface area (Å²) in [6, 6.07) is 13.6. The first kappa shape index (κ1) is 22.8. The average Bonchev–Trinajstić information content (AvgIpc) is 2.80. The van der Waals surface area contributed by atoms with E-state index in [-0.39, 0.29) is 22.4 Å². The lowest BCUT2D eigenvalue weighted by Gasteiger charge is -2.14. The van der Waals surface area contributed by atoms with Gasteiger partial charge < -0.3 is 18.6 Å². The van der Waals surface area contributed by atoms with Crippen LogP contribution in [-0.4, -0.2) is 13.1 Å². The number of esters is 1. The van der Waals surface area contributed by atoms with Crippen molar-refractivity contribution in [1.29, 1.82) is 0 Å². The number of alkyl halides is 3. The monoisotopic (exact) mass is 474 g/mol. The van der Waals surface area contributed by atoms with Crippen molar-refractivity contribution < 1.29 is 41.0 Å². The Labute approximate surface area is 188 Å². The molecule has 0 aliphatic rings. The molecule has 0 aliphatic carbocycles. The topological polar surface area (TPSA) is 75.0 Å². The fraction of sp³-hybridized carbons (Fsp3) is 0.0833. The summed E-state index contributed by atoms with van der Waals surface area (Å²) in [4.78, 5) is 25.1. The Hall–Kier alpha value is -4.34. The van der Waals surface area contributed by atoms with Gasteiger partial charge in [-0.25, -0.2) is 9.18 Å². The van der Waals surface area contributed by atoms with Crippen LogP contribution in [0.5, 0.6) is 23.0 Å². The molecule has 0 N–H and O–H groups in total. The Morgan fingerprint density at radius 2 is 1.65 bits per heavy atom. The molecular weight excluding hydrogens is 460 g/mol. The summed E-state index contributed by atoms with van der Waals surface area (Å²) >= 11 is 0. The maximum atomic E-state index is 13.7. The van der Waals surface area contributed by atoms with Crippen molar-refractivity contribution >= 4 is 16.9 Å². The van der Waals surface area contributed by atoms with Crippen LogP contribution in [0, 0.1) is 5.82 Å². The van der Waals surface area contributed by atoms with Crippen molar-refractivity contribution in [3.05, 3.63) is 94.1 Å². The third-order valence-corrected chi connectivity index (χ3v) is 4.61. The van der Waals surface area contributed by atoms with Gasteiger partial charge in [0.1, 0.15) is 28.6 Å². The Bertz CT molecular complexity index is 1440. The molecule has 10 heteroatoms. The van der Waals surface area contributed by atoms with E-state index in [1.165, 1.54) is 43.5 Å². The van der Waals surface area contributed by atoms with Crippen LogP contribution in [0.15, 0.2) is 75.9 Å². The van der Waals surface area contributed by atoms with Gasteiger partial charge in [-0.15, -0.1) is 0 Å². The Morgan fingerprint density at radius 1 is 0.912 bits per heavy atom. The number of ether oxygens (including phenoxy) is 3.